The number of hydrogen-bond acceptors (Lipinski definition) is 2. The van der Waals surface area contributed by atoms with Gasteiger partial charge in [-0.3, -0.25) is 4.79 Å². The Morgan fingerprint density at radius 2 is 1.94 bits per heavy atom. The zero-order valence-electron chi connectivity index (χ0n) is 10.2. The standard InChI is InChI=1S/C14H14FNOS/c1-14(2,10-6-3-4-7-11(10)15)16-13(17)12-8-5-9-18-12/h3-9H,1-2H3,(H,16,17). The number of carbonyl (C=O) groups excluding carboxylic acids is 1. The molecular formula is C14H14FNOS. The van der Waals surface area contributed by atoms with Gasteiger partial charge in [-0.05, 0) is 31.4 Å². The molecule has 4 heteroatoms. The predicted octanol–water partition coefficient (Wildman–Crippen LogP) is 3.55. The summed E-state index contributed by atoms with van der Waals surface area (Å²) in [5, 5.41) is 4.69. The number of amides is 1. The summed E-state index contributed by atoms with van der Waals surface area (Å²) in [5.41, 5.74) is -0.262. The third-order valence-corrected chi connectivity index (χ3v) is 3.59. The van der Waals surface area contributed by atoms with E-state index in [1.807, 2.05) is 11.4 Å². The number of nitrogens with one attached hydrogen (secondary N) is 1. The van der Waals surface area contributed by atoms with Crippen LogP contribution < -0.4 is 5.32 Å². The fraction of sp³-hybridized carbons (Fsp3) is 0.214. The zero-order chi connectivity index (χ0) is 13.2. The van der Waals surface area contributed by atoms with Crippen LogP contribution in [-0.2, 0) is 5.54 Å². The molecule has 0 fully saturated rings. The first-order chi connectivity index (χ1) is 8.50. The smallest absolute Gasteiger partial charge is 0.262 e. The number of thiophene rings is 1. The quantitative estimate of drug-likeness (QED) is 0.901. The van der Waals surface area contributed by atoms with Crippen molar-refractivity contribution in [2.75, 3.05) is 0 Å². The molecule has 1 aromatic carbocycles. The molecule has 0 bridgehead atoms. The van der Waals surface area contributed by atoms with Crippen LogP contribution in [0.5, 0.6) is 0 Å². The van der Waals surface area contributed by atoms with Crippen LogP contribution in [0.3, 0.4) is 0 Å². The van der Waals surface area contributed by atoms with Crippen molar-refractivity contribution in [1.29, 1.82) is 0 Å². The number of rotatable bonds is 3. The van der Waals surface area contributed by atoms with Gasteiger partial charge < -0.3 is 5.32 Å². The molecule has 2 nitrogen and oxygen atoms in total. The molecule has 0 aliphatic rings. The third kappa shape index (κ3) is 2.59. The van der Waals surface area contributed by atoms with Crippen molar-refractivity contribution in [3.63, 3.8) is 0 Å². The van der Waals surface area contributed by atoms with Gasteiger partial charge in [-0.15, -0.1) is 11.3 Å². The molecule has 0 spiro atoms. The molecule has 18 heavy (non-hydrogen) atoms. The van der Waals surface area contributed by atoms with Crippen LogP contribution >= 0.6 is 11.3 Å². The molecule has 1 aromatic heterocycles. The molecule has 94 valence electrons. The lowest BCUT2D eigenvalue weighted by Gasteiger charge is -2.27. The van der Waals surface area contributed by atoms with E-state index in [4.69, 9.17) is 0 Å². The fourth-order valence-corrected chi connectivity index (χ4v) is 2.41. The summed E-state index contributed by atoms with van der Waals surface area (Å²) in [5.74, 6) is -0.493. The van der Waals surface area contributed by atoms with E-state index < -0.39 is 5.54 Å². The van der Waals surface area contributed by atoms with Crippen LogP contribution in [0.15, 0.2) is 41.8 Å². The molecule has 0 radical (unpaired) electrons. The Morgan fingerprint density at radius 3 is 2.56 bits per heavy atom. The third-order valence-electron chi connectivity index (χ3n) is 2.72. The van der Waals surface area contributed by atoms with Gasteiger partial charge in [0.15, 0.2) is 0 Å². The van der Waals surface area contributed by atoms with E-state index in [1.54, 1.807) is 38.1 Å². The molecule has 1 heterocycles. The van der Waals surface area contributed by atoms with Crippen molar-refractivity contribution < 1.29 is 9.18 Å². The molecule has 0 saturated heterocycles. The average Bonchev–Trinajstić information content (AvgIpc) is 2.82. The molecule has 0 aliphatic heterocycles. The van der Waals surface area contributed by atoms with Crippen molar-refractivity contribution >= 4 is 17.2 Å². The van der Waals surface area contributed by atoms with E-state index in [9.17, 15) is 9.18 Å². The largest absolute Gasteiger partial charge is 0.342 e. The summed E-state index contributed by atoms with van der Waals surface area (Å²) in [6.07, 6.45) is 0. The topological polar surface area (TPSA) is 29.1 Å². The van der Waals surface area contributed by atoms with Crippen LogP contribution in [0.2, 0.25) is 0 Å². The second kappa shape index (κ2) is 4.90. The second-order valence-corrected chi connectivity index (χ2v) is 5.48. The summed E-state index contributed by atoms with van der Waals surface area (Å²) in [6.45, 7) is 3.58. The lowest BCUT2D eigenvalue weighted by molar-refractivity contribution is 0.0915. The summed E-state index contributed by atoms with van der Waals surface area (Å²) in [4.78, 5) is 12.6. The van der Waals surface area contributed by atoms with Gasteiger partial charge in [0.1, 0.15) is 5.82 Å². The van der Waals surface area contributed by atoms with Gasteiger partial charge in [0.25, 0.3) is 5.91 Å². The predicted molar refractivity (Wildman–Crippen MR) is 71.2 cm³/mol. The van der Waals surface area contributed by atoms with Gasteiger partial charge >= 0.3 is 0 Å². The summed E-state index contributed by atoms with van der Waals surface area (Å²) in [6, 6.07) is 10.0. The maximum Gasteiger partial charge on any atom is 0.262 e. The van der Waals surface area contributed by atoms with Crippen molar-refractivity contribution in [1.82, 2.24) is 5.32 Å². The Morgan fingerprint density at radius 1 is 1.22 bits per heavy atom. The highest BCUT2D eigenvalue weighted by Gasteiger charge is 2.26. The van der Waals surface area contributed by atoms with Gasteiger partial charge in [-0.25, -0.2) is 4.39 Å². The van der Waals surface area contributed by atoms with Gasteiger partial charge in [0, 0.05) is 5.56 Å². The van der Waals surface area contributed by atoms with Gasteiger partial charge in [-0.2, -0.15) is 0 Å². The van der Waals surface area contributed by atoms with E-state index in [1.165, 1.54) is 17.4 Å². The van der Waals surface area contributed by atoms with Crippen LogP contribution in [-0.4, -0.2) is 5.91 Å². The Bertz CT molecular complexity index is 549. The Kier molecular flexibility index (Phi) is 3.48. The Labute approximate surface area is 109 Å². The first-order valence-corrected chi connectivity index (χ1v) is 6.50. The number of carbonyl (C=O) groups is 1. The van der Waals surface area contributed by atoms with E-state index in [0.717, 1.165) is 0 Å². The second-order valence-electron chi connectivity index (χ2n) is 4.54. The highest BCUT2D eigenvalue weighted by molar-refractivity contribution is 7.12. The number of benzene rings is 1. The van der Waals surface area contributed by atoms with E-state index in [2.05, 4.69) is 5.32 Å². The Balaban J connectivity index is 2.22. The van der Waals surface area contributed by atoms with Crippen LogP contribution in [0.1, 0.15) is 29.1 Å². The van der Waals surface area contributed by atoms with Crippen LogP contribution in [0.4, 0.5) is 4.39 Å². The number of hydrogen-bond donors (Lipinski definition) is 1. The molecule has 0 unspecified atom stereocenters. The SMILES string of the molecule is CC(C)(NC(=O)c1cccs1)c1ccccc1F. The van der Waals surface area contributed by atoms with Crippen LogP contribution in [0, 0.1) is 5.82 Å². The minimum atomic E-state index is -0.744. The summed E-state index contributed by atoms with van der Waals surface area (Å²) in [7, 11) is 0. The zero-order valence-corrected chi connectivity index (χ0v) is 11.1. The molecule has 0 atom stereocenters. The van der Waals surface area contributed by atoms with Gasteiger partial charge in [-0.1, -0.05) is 24.3 Å². The fourth-order valence-electron chi connectivity index (χ4n) is 1.79. The minimum absolute atomic E-state index is 0.182. The first kappa shape index (κ1) is 12.8. The van der Waals surface area contributed by atoms with E-state index in [0.29, 0.717) is 10.4 Å². The van der Waals surface area contributed by atoms with Crippen molar-refractivity contribution in [3.05, 3.63) is 58.0 Å². The number of halogens is 1. The molecule has 2 aromatic rings. The van der Waals surface area contributed by atoms with Crippen molar-refractivity contribution in [3.8, 4) is 0 Å². The van der Waals surface area contributed by atoms with Gasteiger partial charge in [0.05, 0.1) is 10.4 Å². The first-order valence-electron chi connectivity index (χ1n) is 5.62. The monoisotopic (exact) mass is 263 g/mol. The lowest BCUT2D eigenvalue weighted by atomic mass is 9.93. The molecule has 1 N–H and O–H groups in total. The molecule has 0 aliphatic carbocycles. The molecular weight excluding hydrogens is 249 g/mol. The van der Waals surface area contributed by atoms with Crippen LogP contribution in [0.25, 0.3) is 0 Å². The maximum atomic E-state index is 13.7. The van der Waals surface area contributed by atoms with Gasteiger partial charge in [0.2, 0.25) is 0 Å². The minimum Gasteiger partial charge on any atom is -0.342 e. The molecule has 2 rings (SSSR count). The highest BCUT2D eigenvalue weighted by atomic mass is 32.1. The van der Waals surface area contributed by atoms with Crippen molar-refractivity contribution in [2.24, 2.45) is 0 Å². The lowest BCUT2D eigenvalue weighted by Crippen LogP contribution is -2.41. The normalized spacial score (nSPS) is 11.3. The molecule has 0 saturated carbocycles. The average molecular weight is 263 g/mol. The Hall–Kier alpha value is -1.68. The highest BCUT2D eigenvalue weighted by Crippen LogP contribution is 2.23. The summed E-state index contributed by atoms with van der Waals surface area (Å²) >= 11 is 1.37. The van der Waals surface area contributed by atoms with E-state index >= 15 is 0 Å². The maximum absolute atomic E-state index is 13.7. The van der Waals surface area contributed by atoms with Crippen molar-refractivity contribution in [2.45, 2.75) is 19.4 Å². The molecule has 1 amide bonds. The van der Waals surface area contributed by atoms with E-state index in [-0.39, 0.29) is 11.7 Å². The summed E-state index contributed by atoms with van der Waals surface area (Å²) < 4.78 is 13.7.